The molecule has 2 unspecified atom stereocenters. The van der Waals surface area contributed by atoms with E-state index in [2.05, 4.69) is 22.9 Å². The molecule has 1 aliphatic carbocycles. The Hall–Kier alpha value is -2.60. The quantitative estimate of drug-likeness (QED) is 0.275. The highest BCUT2D eigenvalue weighted by Crippen LogP contribution is 2.49. The lowest BCUT2D eigenvalue weighted by Gasteiger charge is -2.50. The van der Waals surface area contributed by atoms with Crippen LogP contribution in [0.4, 0.5) is 0 Å². The van der Waals surface area contributed by atoms with Crippen molar-refractivity contribution in [3.63, 3.8) is 0 Å². The molecule has 3 N–H and O–H groups in total. The lowest BCUT2D eigenvalue weighted by molar-refractivity contribution is -0.142. The van der Waals surface area contributed by atoms with Crippen LogP contribution < -0.4 is 16.0 Å². The van der Waals surface area contributed by atoms with Crippen LogP contribution in [0.1, 0.15) is 84.3 Å². The van der Waals surface area contributed by atoms with E-state index in [1.807, 2.05) is 59.0 Å². The summed E-state index contributed by atoms with van der Waals surface area (Å²) >= 11 is 1.33. The molecule has 1 saturated carbocycles. The average molecular weight is 630 g/mol. The molecule has 3 heterocycles. The molecule has 2 atom stereocenters. The van der Waals surface area contributed by atoms with E-state index >= 15 is 0 Å². The molecule has 4 aliphatic rings. The monoisotopic (exact) mass is 629 g/mol. The first-order valence-electron chi connectivity index (χ1n) is 16.0. The second kappa shape index (κ2) is 15.1. The fraction of sp³-hybridized carbons (Fsp3) is 0.667. The SMILES string of the molecule is CC1=C(c2ccc(CNC(=O)C3CCCN3C(=O)C(NC=O)C(C)(C)C)cc2)SON1C.CCOC1CC2(CCNCC2)C1. The summed E-state index contributed by atoms with van der Waals surface area (Å²) in [6.45, 7) is 14.0. The predicted octanol–water partition coefficient (Wildman–Crippen LogP) is 4.22. The zero-order valence-electron chi connectivity index (χ0n) is 27.2. The number of allylic oxidation sites excluding steroid dienone is 1. The molecule has 3 fully saturated rings. The Kier molecular flexibility index (Phi) is 11.8. The molecule has 2 saturated heterocycles. The maximum atomic E-state index is 13.1. The summed E-state index contributed by atoms with van der Waals surface area (Å²) < 4.78 is 11.0. The average Bonchev–Trinajstić information content (AvgIpc) is 3.61. The summed E-state index contributed by atoms with van der Waals surface area (Å²) in [5, 5.41) is 10.7. The number of rotatable bonds is 9. The Morgan fingerprint density at radius 3 is 2.45 bits per heavy atom. The van der Waals surface area contributed by atoms with E-state index in [4.69, 9.17) is 9.02 Å². The standard InChI is InChI=1S/C23H32N4O4S.C10H19NO/c1-15-19(32-31-26(15)5)17-10-8-16(9-11-17)13-24-21(29)18-7-6-12-27(18)22(30)20(25-14-28)23(2,3)4;1-2-12-9-7-10(8-9)3-5-11-6-4-10/h8-11,14,18,20H,6-7,12-13H2,1-5H3,(H,24,29)(H,25,28);9,11H,2-8H2,1H3. The smallest absolute Gasteiger partial charge is 0.246 e. The van der Waals surface area contributed by atoms with Crippen molar-refractivity contribution in [3.05, 3.63) is 41.1 Å². The second-order valence-corrected chi connectivity index (χ2v) is 14.2. The molecule has 244 valence electrons. The van der Waals surface area contributed by atoms with Crippen LogP contribution in [0.25, 0.3) is 4.91 Å². The number of hydrogen-bond donors (Lipinski definition) is 3. The summed E-state index contributed by atoms with van der Waals surface area (Å²) in [5.41, 5.74) is 3.33. The minimum Gasteiger partial charge on any atom is -0.378 e. The Bertz CT molecular complexity index is 1170. The Balaban J connectivity index is 0.000000305. The van der Waals surface area contributed by atoms with E-state index in [9.17, 15) is 14.4 Å². The van der Waals surface area contributed by atoms with E-state index in [0.717, 1.165) is 34.8 Å². The summed E-state index contributed by atoms with van der Waals surface area (Å²) in [6, 6.07) is 6.80. The van der Waals surface area contributed by atoms with E-state index in [-0.39, 0.29) is 11.8 Å². The van der Waals surface area contributed by atoms with Crippen molar-refractivity contribution in [2.75, 3.05) is 33.3 Å². The fourth-order valence-corrected chi connectivity index (χ4v) is 7.32. The van der Waals surface area contributed by atoms with Crippen molar-refractivity contribution in [3.8, 4) is 0 Å². The number of likely N-dealkylation sites (tertiary alicyclic amines) is 1. The van der Waals surface area contributed by atoms with Gasteiger partial charge in [-0.25, -0.2) is 5.06 Å². The number of piperidine rings is 1. The maximum Gasteiger partial charge on any atom is 0.246 e. The Morgan fingerprint density at radius 2 is 1.89 bits per heavy atom. The highest BCUT2D eigenvalue weighted by molar-refractivity contribution is 8.04. The van der Waals surface area contributed by atoms with Crippen molar-refractivity contribution in [1.29, 1.82) is 0 Å². The molecule has 0 aromatic heterocycles. The van der Waals surface area contributed by atoms with Gasteiger partial charge in [0.2, 0.25) is 18.2 Å². The minimum absolute atomic E-state index is 0.168. The van der Waals surface area contributed by atoms with Crippen molar-refractivity contribution < 1.29 is 23.4 Å². The molecule has 0 bridgehead atoms. The summed E-state index contributed by atoms with van der Waals surface area (Å²) in [6.07, 6.45) is 7.91. The van der Waals surface area contributed by atoms with E-state index in [1.54, 1.807) is 9.96 Å². The molecule has 1 aromatic rings. The third-order valence-electron chi connectivity index (χ3n) is 9.29. The number of hydroxylamine groups is 2. The van der Waals surface area contributed by atoms with Gasteiger partial charge in [0.15, 0.2) is 0 Å². The molecule has 5 rings (SSSR count). The summed E-state index contributed by atoms with van der Waals surface area (Å²) in [4.78, 5) is 39.7. The number of benzene rings is 1. The number of ether oxygens (including phenoxy) is 1. The van der Waals surface area contributed by atoms with Gasteiger partial charge < -0.3 is 25.6 Å². The van der Waals surface area contributed by atoms with Crippen LogP contribution in [0.2, 0.25) is 0 Å². The molecular formula is C33H51N5O5S. The van der Waals surface area contributed by atoms with Gasteiger partial charge in [-0.1, -0.05) is 45.0 Å². The Labute approximate surface area is 267 Å². The van der Waals surface area contributed by atoms with Crippen LogP contribution in [0.3, 0.4) is 0 Å². The number of carbonyl (C=O) groups excluding carboxylic acids is 3. The minimum atomic E-state index is -0.671. The van der Waals surface area contributed by atoms with Crippen LogP contribution in [0, 0.1) is 10.8 Å². The summed E-state index contributed by atoms with van der Waals surface area (Å²) in [7, 11) is 1.87. The molecular weight excluding hydrogens is 578 g/mol. The molecule has 1 spiro atoms. The highest BCUT2D eigenvalue weighted by atomic mass is 32.2. The first-order valence-corrected chi connectivity index (χ1v) is 16.7. The van der Waals surface area contributed by atoms with Gasteiger partial charge in [-0.3, -0.25) is 14.4 Å². The van der Waals surface area contributed by atoms with Crippen LogP contribution in [-0.4, -0.2) is 79.7 Å². The van der Waals surface area contributed by atoms with Crippen LogP contribution >= 0.6 is 12.0 Å². The number of nitrogens with zero attached hydrogens (tertiary/aromatic N) is 2. The second-order valence-electron chi connectivity index (χ2n) is 13.5. The lowest BCUT2D eigenvalue weighted by Crippen LogP contribution is -2.56. The number of amides is 3. The van der Waals surface area contributed by atoms with Gasteiger partial charge in [0.05, 0.1) is 28.7 Å². The first-order chi connectivity index (χ1) is 21.0. The molecule has 0 radical (unpaired) electrons. The third-order valence-corrected chi connectivity index (χ3v) is 10.3. The number of hydrogen-bond acceptors (Lipinski definition) is 8. The van der Waals surface area contributed by atoms with Crippen LogP contribution in [0.5, 0.6) is 0 Å². The van der Waals surface area contributed by atoms with Gasteiger partial charge in [0.25, 0.3) is 0 Å². The van der Waals surface area contributed by atoms with E-state index < -0.39 is 17.5 Å². The van der Waals surface area contributed by atoms with E-state index in [0.29, 0.717) is 37.4 Å². The van der Waals surface area contributed by atoms with Crippen molar-refractivity contribution in [2.45, 2.75) is 97.9 Å². The normalized spacial score (nSPS) is 22.3. The number of nitrogens with one attached hydrogen (secondary N) is 3. The third kappa shape index (κ3) is 8.35. The van der Waals surface area contributed by atoms with E-state index in [1.165, 1.54) is 50.8 Å². The van der Waals surface area contributed by atoms with Gasteiger partial charge in [0, 0.05) is 26.7 Å². The largest absolute Gasteiger partial charge is 0.378 e. The predicted molar refractivity (Wildman–Crippen MR) is 174 cm³/mol. The lowest BCUT2D eigenvalue weighted by atomic mass is 9.62. The van der Waals surface area contributed by atoms with Gasteiger partial charge in [-0.2, -0.15) is 4.28 Å². The van der Waals surface area contributed by atoms with Crippen LogP contribution in [0.15, 0.2) is 30.0 Å². The van der Waals surface area contributed by atoms with Crippen LogP contribution in [-0.2, 0) is 29.9 Å². The molecule has 10 nitrogen and oxygen atoms in total. The molecule has 3 aliphatic heterocycles. The maximum absolute atomic E-state index is 13.1. The van der Waals surface area contributed by atoms with Crippen molar-refractivity contribution in [1.82, 2.24) is 25.9 Å². The van der Waals surface area contributed by atoms with Crippen molar-refractivity contribution >= 4 is 35.2 Å². The number of carbonyl (C=O) groups is 3. The van der Waals surface area contributed by atoms with Gasteiger partial charge >= 0.3 is 0 Å². The first kappa shape index (κ1) is 34.3. The fourth-order valence-electron chi connectivity index (χ4n) is 6.54. The molecule has 11 heteroatoms. The highest BCUT2D eigenvalue weighted by Gasteiger charge is 2.45. The van der Waals surface area contributed by atoms with Gasteiger partial charge in [0.1, 0.15) is 12.1 Å². The Morgan fingerprint density at radius 1 is 1.20 bits per heavy atom. The van der Waals surface area contributed by atoms with Gasteiger partial charge in [-0.15, -0.1) is 0 Å². The molecule has 44 heavy (non-hydrogen) atoms. The molecule has 3 amide bonds. The zero-order chi connectivity index (χ0) is 31.9. The topological polar surface area (TPSA) is 112 Å². The van der Waals surface area contributed by atoms with Gasteiger partial charge in [-0.05, 0) is 87.4 Å². The molecule has 1 aromatic carbocycles. The summed E-state index contributed by atoms with van der Waals surface area (Å²) in [5.74, 6) is -0.380. The van der Waals surface area contributed by atoms with Crippen molar-refractivity contribution in [2.24, 2.45) is 10.8 Å². The zero-order valence-corrected chi connectivity index (χ0v) is 28.1.